The van der Waals surface area contributed by atoms with E-state index in [0.717, 1.165) is 29.8 Å². The van der Waals surface area contributed by atoms with Gasteiger partial charge in [0, 0.05) is 64.3 Å². The molecule has 2 heterocycles. The maximum Gasteiger partial charge on any atom is 0.0775 e. The first kappa shape index (κ1) is 88.4. The van der Waals surface area contributed by atoms with Crippen LogP contribution in [-0.4, -0.2) is 82.8 Å². The van der Waals surface area contributed by atoms with Gasteiger partial charge in [-0.3, -0.25) is 0 Å². The Hall–Kier alpha value is -1.84. The van der Waals surface area contributed by atoms with E-state index in [1.165, 1.54) is 91.4 Å². The predicted molar refractivity (Wildman–Crippen MR) is 424 cm³/mol. The van der Waals surface area contributed by atoms with Gasteiger partial charge in [0.2, 0.25) is 0 Å². The Bertz CT molecular complexity index is 2130. The van der Waals surface area contributed by atoms with Crippen molar-refractivity contribution in [2.24, 2.45) is 10.8 Å². The Morgan fingerprint density at radius 2 is 0.756 bits per heavy atom. The van der Waals surface area contributed by atoms with Crippen LogP contribution in [-0.2, 0) is 16.8 Å². The van der Waals surface area contributed by atoms with Crippen LogP contribution in [0.1, 0.15) is 147 Å². The minimum absolute atomic E-state index is 0.547. The summed E-state index contributed by atoms with van der Waals surface area (Å²) in [6, 6.07) is 48.7. The van der Waals surface area contributed by atoms with Crippen molar-refractivity contribution in [3.8, 4) is 0 Å². The molecule has 0 spiro atoms. The number of ether oxygens (including phenoxy) is 1. The van der Waals surface area contributed by atoms with Crippen LogP contribution in [0.3, 0.4) is 0 Å². The van der Waals surface area contributed by atoms with Crippen molar-refractivity contribution < 1.29 is 4.74 Å². The molecule has 0 atom stereocenters. The van der Waals surface area contributed by atoms with E-state index in [4.69, 9.17) is 4.74 Å². The van der Waals surface area contributed by atoms with Crippen LogP contribution in [0.2, 0.25) is 158 Å². The molecule has 498 valence electrons. The van der Waals surface area contributed by atoms with Gasteiger partial charge in [-0.1, -0.05) is 389 Å². The number of hydrogen-bond acceptors (Lipinski definition) is 2. The van der Waals surface area contributed by atoms with Crippen LogP contribution in [0.4, 0.5) is 5.69 Å². The number of rotatable bonds is 12. The van der Waals surface area contributed by atoms with Gasteiger partial charge in [-0.25, -0.2) is 0 Å². The Morgan fingerprint density at radius 3 is 0.953 bits per heavy atom. The predicted octanol–water partition coefficient (Wildman–Crippen LogP) is 26.1. The minimum atomic E-state index is -1.18. The molecule has 0 bridgehead atoms. The highest BCUT2D eigenvalue weighted by Crippen LogP contribution is 2.36. The third-order valence-corrected chi connectivity index (χ3v) is 41.6. The summed E-state index contributed by atoms with van der Waals surface area (Å²) in [4.78, 5) is 2.49. The molecule has 0 N–H and O–H groups in total. The maximum atomic E-state index is 5.21. The average Bonchev–Trinajstić information content (AvgIpc) is 3.59. The first-order chi connectivity index (χ1) is 38.8. The molecule has 2 nitrogen and oxygen atoms in total. The summed E-state index contributed by atoms with van der Waals surface area (Å²) in [7, 11) is -5.96. The van der Waals surface area contributed by atoms with Gasteiger partial charge < -0.3 is 9.64 Å². The first-order valence-electron chi connectivity index (χ1n) is 34.4. The van der Waals surface area contributed by atoms with Crippen molar-refractivity contribution in [2.75, 3.05) is 31.2 Å². The molecular weight excluding hydrogens is 1150 g/mol. The topological polar surface area (TPSA) is 12.5 Å². The highest BCUT2D eigenvalue weighted by molar-refractivity contribution is 6.88. The Labute approximate surface area is 549 Å². The fourth-order valence-corrected chi connectivity index (χ4v) is 14.5. The molecule has 2 aliphatic heterocycles. The fourth-order valence-electron chi connectivity index (χ4n) is 7.65. The summed E-state index contributed by atoms with van der Waals surface area (Å²) in [5, 5.41) is 2.11. The SMILES string of the molecule is CC(C)(C)[Si](C)(C)C.CC(C)[Si](C)(C)C.CC(C)[Si](C)(C)C(C)C.CC1(C)CCN(c2ccccc2)CC1.CC1(C)CCOCC1.CCC[Si](C)(C)C.CC[Si](C)(C)C.C[Si](C)(C)c1ccccc1.C[Si](C)(Cc1ccccc1)Cc1ccccc1. The number of benzene rings is 4. The molecule has 0 aromatic heterocycles. The fraction of sp³-hybridized carbons (Fsp3) is 0.688. The van der Waals surface area contributed by atoms with Crippen molar-refractivity contribution in [1.29, 1.82) is 0 Å². The van der Waals surface area contributed by atoms with E-state index in [-0.39, 0.29) is 0 Å². The van der Waals surface area contributed by atoms with Crippen molar-refractivity contribution in [3.05, 3.63) is 132 Å². The number of nitrogens with zero attached hydrogens (tertiary/aromatic N) is 1. The van der Waals surface area contributed by atoms with Crippen LogP contribution in [0.5, 0.6) is 0 Å². The lowest BCUT2D eigenvalue weighted by Crippen LogP contribution is -2.37. The third kappa shape index (κ3) is 48.0. The number of anilines is 1. The summed E-state index contributed by atoms with van der Waals surface area (Å²) >= 11 is 0. The van der Waals surface area contributed by atoms with Crippen molar-refractivity contribution in [2.45, 2.75) is 306 Å². The third-order valence-electron chi connectivity index (χ3n) is 18.8. The standard InChI is InChI=1S/C16H20Si.C13H19N.C9H14Si.C8H20Si.C7H14O.C7H18Si.2C6H16Si.C5H14Si/c1-17(2,13-15-9-5-3-6-10-15)14-16-11-7-4-8-12-16;1-13(2)8-10-14(11-9-13)12-6-4-3-5-7-12;1-10(2,3)9-7-5-4-6-8-9;1-7(2)9(5,6)8(3)4;1-7(2)3-5-8-6-4-7;1-7(2,3)8(4,5)6;1-6(2)7(3,4)5;1-5-6-7(2,3)4;1-5-6(2,3)4/h3-12H,13-14H2,1-2H3;3-7H,8-11H2,1-2H3;4-8H,1-3H3;7-8H,1-6H3;3-6H2,1-2H3;1-6H3;6H,1-5H3;5-6H2,1-4H3;5H2,1-4H3. The van der Waals surface area contributed by atoms with Crippen molar-refractivity contribution in [3.63, 3.8) is 0 Å². The molecule has 2 fully saturated rings. The summed E-state index contributed by atoms with van der Waals surface area (Å²) in [5.41, 5.74) is 8.24. The van der Waals surface area contributed by atoms with Crippen LogP contribution < -0.4 is 10.1 Å². The Balaban J connectivity index is -0.000000922. The normalized spacial score (nSPS) is 15.2. The molecular formula is C77H151NOSi7. The van der Waals surface area contributed by atoms with Crippen LogP contribution in [0.15, 0.2) is 121 Å². The molecule has 4 aromatic carbocycles. The molecule has 6 rings (SSSR count). The Morgan fingerprint density at radius 1 is 0.453 bits per heavy atom. The zero-order valence-corrected chi connectivity index (χ0v) is 71.3. The van der Waals surface area contributed by atoms with Crippen molar-refractivity contribution >= 4 is 67.4 Å². The number of hydrogen-bond donors (Lipinski definition) is 0. The smallest absolute Gasteiger partial charge is 0.0775 e. The van der Waals surface area contributed by atoms with Crippen LogP contribution in [0.25, 0.3) is 0 Å². The molecule has 0 unspecified atom stereocenters. The van der Waals surface area contributed by atoms with Gasteiger partial charge in [-0.15, -0.1) is 0 Å². The molecule has 2 aliphatic rings. The molecule has 0 amide bonds. The van der Waals surface area contributed by atoms with Gasteiger partial charge in [0.05, 0.1) is 24.2 Å². The molecule has 0 saturated carbocycles. The molecule has 9 heteroatoms. The van der Waals surface area contributed by atoms with E-state index in [0.29, 0.717) is 15.9 Å². The molecule has 0 aliphatic carbocycles. The lowest BCUT2D eigenvalue weighted by atomic mass is 9.82. The van der Waals surface area contributed by atoms with E-state index in [2.05, 4.69) is 354 Å². The highest BCUT2D eigenvalue weighted by Gasteiger charge is 2.30. The van der Waals surface area contributed by atoms with E-state index < -0.39 is 56.5 Å². The van der Waals surface area contributed by atoms with E-state index >= 15 is 0 Å². The summed E-state index contributed by atoms with van der Waals surface area (Å²) in [5.74, 6) is 0. The monoisotopic (exact) mass is 1300 g/mol. The molecule has 0 radical (unpaired) electrons. The lowest BCUT2D eigenvalue weighted by Gasteiger charge is -2.38. The second kappa shape index (κ2) is 41.6. The van der Waals surface area contributed by atoms with Crippen molar-refractivity contribution in [1.82, 2.24) is 0 Å². The van der Waals surface area contributed by atoms with Gasteiger partial charge in [-0.05, 0) is 65.8 Å². The van der Waals surface area contributed by atoms with E-state index in [1.807, 2.05) is 0 Å². The second-order valence-corrected chi connectivity index (χ2v) is 75.1. The van der Waals surface area contributed by atoms with E-state index in [9.17, 15) is 0 Å². The quantitative estimate of drug-likeness (QED) is 0.131. The van der Waals surface area contributed by atoms with Gasteiger partial charge in [-0.2, -0.15) is 0 Å². The number of para-hydroxylation sites is 1. The zero-order valence-electron chi connectivity index (χ0n) is 64.3. The maximum absolute atomic E-state index is 5.21. The largest absolute Gasteiger partial charge is 0.381 e. The first-order valence-corrected chi connectivity index (χ1v) is 58.9. The second-order valence-electron chi connectivity index (χ2n) is 35.7. The van der Waals surface area contributed by atoms with E-state index in [1.54, 1.807) is 0 Å². The zero-order chi connectivity index (χ0) is 67.7. The van der Waals surface area contributed by atoms with Gasteiger partial charge >= 0.3 is 0 Å². The average molecular weight is 1300 g/mol. The summed E-state index contributed by atoms with van der Waals surface area (Å²) in [6.07, 6.45) is 6.44. The molecule has 2 saturated heterocycles. The highest BCUT2D eigenvalue weighted by atomic mass is 28.3. The molecule has 86 heavy (non-hydrogen) atoms. The lowest BCUT2D eigenvalue weighted by molar-refractivity contribution is 0.0327. The van der Waals surface area contributed by atoms with Crippen LogP contribution in [0, 0.1) is 10.8 Å². The summed E-state index contributed by atoms with van der Waals surface area (Å²) < 4.78 is 5.21. The van der Waals surface area contributed by atoms with Gasteiger partial charge in [0.25, 0.3) is 0 Å². The Kier molecular flexibility index (Phi) is 42.7. The minimum Gasteiger partial charge on any atom is -0.381 e. The molecule has 4 aromatic rings. The summed E-state index contributed by atoms with van der Waals surface area (Å²) in [6.45, 7) is 85.1. The number of piperidine rings is 1. The van der Waals surface area contributed by atoms with Gasteiger partial charge in [0.15, 0.2) is 0 Å². The van der Waals surface area contributed by atoms with Gasteiger partial charge in [0.1, 0.15) is 0 Å². The van der Waals surface area contributed by atoms with Crippen LogP contribution >= 0.6 is 0 Å².